The lowest BCUT2D eigenvalue weighted by Gasteiger charge is -2.26. The van der Waals surface area contributed by atoms with E-state index in [0.717, 1.165) is 18.0 Å². The zero-order valence-electron chi connectivity index (χ0n) is 8.86. The molecule has 0 saturated heterocycles. The van der Waals surface area contributed by atoms with E-state index in [9.17, 15) is 0 Å². The molecule has 0 amide bonds. The van der Waals surface area contributed by atoms with E-state index in [1.807, 2.05) is 22.7 Å². The van der Waals surface area contributed by atoms with E-state index in [2.05, 4.69) is 15.5 Å². The summed E-state index contributed by atoms with van der Waals surface area (Å²) in [5.41, 5.74) is 0.842. The number of hydrogen-bond donors (Lipinski definition) is 1. The van der Waals surface area contributed by atoms with E-state index in [1.54, 1.807) is 0 Å². The average Bonchev–Trinajstić information content (AvgIpc) is 2.59. The summed E-state index contributed by atoms with van der Waals surface area (Å²) < 4.78 is 1.94. The van der Waals surface area contributed by atoms with Crippen LogP contribution in [0.4, 0.5) is 0 Å². The molecular weight excluding hydrogens is 224 g/mol. The van der Waals surface area contributed by atoms with Crippen molar-refractivity contribution < 1.29 is 0 Å². The van der Waals surface area contributed by atoms with Crippen molar-refractivity contribution in [2.75, 3.05) is 0 Å². The predicted octanol–water partition coefficient (Wildman–Crippen LogP) is 2.02. The van der Waals surface area contributed by atoms with Crippen LogP contribution >= 0.6 is 11.6 Å². The molecule has 4 nitrogen and oxygen atoms in total. The third kappa shape index (κ3) is 1.79. The molecule has 1 aliphatic carbocycles. The summed E-state index contributed by atoms with van der Waals surface area (Å²) in [5, 5.41) is 12.4. The molecule has 0 unspecified atom stereocenters. The summed E-state index contributed by atoms with van der Waals surface area (Å²) in [7, 11) is 0. The van der Waals surface area contributed by atoms with Crippen LogP contribution in [0.5, 0.6) is 0 Å². The second-order valence-corrected chi connectivity index (χ2v) is 4.64. The van der Waals surface area contributed by atoms with Crippen LogP contribution in [0, 0.1) is 0 Å². The molecule has 2 heterocycles. The maximum atomic E-state index is 5.95. The first-order chi connectivity index (χ1) is 7.83. The minimum absolute atomic E-state index is 0.659. The Bertz CT molecular complexity index is 504. The first-order valence-corrected chi connectivity index (χ1v) is 5.93. The zero-order chi connectivity index (χ0) is 11.0. The highest BCUT2D eigenvalue weighted by atomic mass is 35.5. The van der Waals surface area contributed by atoms with Gasteiger partial charge >= 0.3 is 0 Å². The number of aromatic nitrogens is 3. The van der Waals surface area contributed by atoms with Gasteiger partial charge in [0.1, 0.15) is 0 Å². The van der Waals surface area contributed by atoms with Crippen LogP contribution in [-0.4, -0.2) is 20.6 Å². The molecule has 2 aromatic rings. The first-order valence-electron chi connectivity index (χ1n) is 5.55. The van der Waals surface area contributed by atoms with Gasteiger partial charge in [-0.1, -0.05) is 18.0 Å². The lowest BCUT2D eigenvalue weighted by Crippen LogP contribution is -2.35. The Hall–Kier alpha value is -1.13. The van der Waals surface area contributed by atoms with E-state index >= 15 is 0 Å². The largest absolute Gasteiger partial charge is 0.307 e. The summed E-state index contributed by atoms with van der Waals surface area (Å²) >= 11 is 5.95. The van der Waals surface area contributed by atoms with E-state index in [4.69, 9.17) is 11.6 Å². The summed E-state index contributed by atoms with van der Waals surface area (Å²) in [4.78, 5) is 0. The van der Waals surface area contributed by atoms with Gasteiger partial charge in [-0.25, -0.2) is 0 Å². The van der Waals surface area contributed by atoms with Crippen molar-refractivity contribution in [1.29, 1.82) is 0 Å². The van der Waals surface area contributed by atoms with Gasteiger partial charge < -0.3 is 5.32 Å². The van der Waals surface area contributed by atoms with Crippen molar-refractivity contribution in [2.45, 2.75) is 31.8 Å². The SMILES string of the molecule is Clc1ccc2nnc(CNC3CCC3)n2c1. The highest BCUT2D eigenvalue weighted by Gasteiger charge is 2.17. The number of nitrogens with zero attached hydrogens (tertiary/aromatic N) is 3. The Kier molecular flexibility index (Phi) is 2.53. The number of pyridine rings is 1. The molecule has 0 bridgehead atoms. The molecule has 1 N–H and O–H groups in total. The molecule has 0 aromatic carbocycles. The second-order valence-electron chi connectivity index (χ2n) is 4.20. The van der Waals surface area contributed by atoms with Crippen molar-refractivity contribution in [2.24, 2.45) is 0 Å². The summed E-state index contributed by atoms with van der Waals surface area (Å²) in [6.07, 6.45) is 5.74. The molecule has 0 radical (unpaired) electrons. The maximum Gasteiger partial charge on any atom is 0.160 e. The molecular formula is C11H13ClN4. The average molecular weight is 237 g/mol. The van der Waals surface area contributed by atoms with Crippen molar-refractivity contribution in [3.05, 3.63) is 29.2 Å². The second kappa shape index (κ2) is 4.03. The Morgan fingerprint density at radius 2 is 2.25 bits per heavy atom. The van der Waals surface area contributed by atoms with Crippen LogP contribution in [-0.2, 0) is 6.54 Å². The predicted molar refractivity (Wildman–Crippen MR) is 62.5 cm³/mol. The fourth-order valence-corrected chi connectivity index (χ4v) is 2.04. The van der Waals surface area contributed by atoms with E-state index in [-0.39, 0.29) is 0 Å². The minimum Gasteiger partial charge on any atom is -0.307 e. The highest BCUT2D eigenvalue weighted by Crippen LogP contribution is 2.18. The van der Waals surface area contributed by atoms with Gasteiger partial charge in [-0.3, -0.25) is 4.40 Å². The van der Waals surface area contributed by atoms with Crippen LogP contribution in [0.3, 0.4) is 0 Å². The monoisotopic (exact) mass is 236 g/mol. The van der Waals surface area contributed by atoms with Gasteiger partial charge in [0.05, 0.1) is 11.6 Å². The molecule has 0 aliphatic heterocycles. The van der Waals surface area contributed by atoms with Crippen LogP contribution in [0.15, 0.2) is 18.3 Å². The molecule has 16 heavy (non-hydrogen) atoms. The minimum atomic E-state index is 0.659. The molecule has 5 heteroatoms. The zero-order valence-corrected chi connectivity index (χ0v) is 9.61. The highest BCUT2D eigenvalue weighted by molar-refractivity contribution is 6.30. The summed E-state index contributed by atoms with van der Waals surface area (Å²) in [6, 6.07) is 4.36. The third-order valence-electron chi connectivity index (χ3n) is 3.09. The number of hydrogen-bond acceptors (Lipinski definition) is 3. The lowest BCUT2D eigenvalue weighted by atomic mass is 9.93. The Labute approximate surface area is 98.6 Å². The van der Waals surface area contributed by atoms with Gasteiger partial charge in [0.2, 0.25) is 0 Å². The number of nitrogens with one attached hydrogen (secondary N) is 1. The smallest absolute Gasteiger partial charge is 0.160 e. The van der Waals surface area contributed by atoms with E-state index in [1.165, 1.54) is 19.3 Å². The number of rotatable bonds is 3. The van der Waals surface area contributed by atoms with Crippen molar-refractivity contribution >= 4 is 17.2 Å². The molecule has 2 aromatic heterocycles. The molecule has 0 atom stereocenters. The quantitative estimate of drug-likeness (QED) is 0.887. The summed E-state index contributed by atoms with van der Waals surface area (Å²) in [6.45, 7) is 0.756. The number of halogens is 1. The third-order valence-corrected chi connectivity index (χ3v) is 3.31. The fourth-order valence-electron chi connectivity index (χ4n) is 1.88. The molecule has 1 fully saturated rings. The van der Waals surface area contributed by atoms with Crippen molar-refractivity contribution in [3.8, 4) is 0 Å². The van der Waals surface area contributed by atoms with Crippen molar-refractivity contribution in [1.82, 2.24) is 19.9 Å². The molecule has 1 aliphatic rings. The lowest BCUT2D eigenvalue weighted by molar-refractivity contribution is 0.335. The van der Waals surface area contributed by atoms with Crippen LogP contribution < -0.4 is 5.32 Å². The Morgan fingerprint density at radius 1 is 1.38 bits per heavy atom. The summed E-state index contributed by atoms with van der Waals surface area (Å²) in [5.74, 6) is 0.921. The van der Waals surface area contributed by atoms with Crippen LogP contribution in [0.2, 0.25) is 5.02 Å². The normalized spacial score (nSPS) is 16.6. The fraction of sp³-hybridized carbons (Fsp3) is 0.455. The Balaban J connectivity index is 1.82. The van der Waals surface area contributed by atoms with Crippen LogP contribution in [0.25, 0.3) is 5.65 Å². The molecule has 84 valence electrons. The van der Waals surface area contributed by atoms with Crippen LogP contribution in [0.1, 0.15) is 25.1 Å². The number of fused-ring (bicyclic) bond motifs is 1. The van der Waals surface area contributed by atoms with Gasteiger partial charge in [-0.2, -0.15) is 0 Å². The standard InChI is InChI=1S/C11H13ClN4/c12-8-4-5-10-14-15-11(16(10)7-8)6-13-9-2-1-3-9/h4-5,7,9,13H,1-3,6H2. The van der Waals surface area contributed by atoms with Gasteiger partial charge in [-0.15, -0.1) is 10.2 Å². The van der Waals surface area contributed by atoms with E-state index in [0.29, 0.717) is 11.1 Å². The van der Waals surface area contributed by atoms with Crippen molar-refractivity contribution in [3.63, 3.8) is 0 Å². The van der Waals surface area contributed by atoms with Gasteiger partial charge in [0, 0.05) is 12.2 Å². The molecule has 1 saturated carbocycles. The Morgan fingerprint density at radius 3 is 3.00 bits per heavy atom. The molecule has 0 spiro atoms. The first kappa shape index (κ1) is 10.1. The topological polar surface area (TPSA) is 42.2 Å². The maximum absolute atomic E-state index is 5.95. The van der Waals surface area contributed by atoms with E-state index < -0.39 is 0 Å². The van der Waals surface area contributed by atoms with Gasteiger partial charge in [0.15, 0.2) is 11.5 Å². The van der Waals surface area contributed by atoms with Gasteiger partial charge in [0.25, 0.3) is 0 Å². The molecule has 3 rings (SSSR count). The van der Waals surface area contributed by atoms with Gasteiger partial charge in [-0.05, 0) is 25.0 Å².